The van der Waals surface area contributed by atoms with Gasteiger partial charge in [0.05, 0.1) is 11.4 Å². The van der Waals surface area contributed by atoms with E-state index < -0.39 is 5.92 Å². The Kier molecular flexibility index (Phi) is 3.93. The number of rotatable bonds is 2. The van der Waals surface area contributed by atoms with E-state index in [4.69, 9.17) is 5.41 Å². The van der Waals surface area contributed by atoms with Gasteiger partial charge in [-0.05, 0) is 24.3 Å². The minimum absolute atomic E-state index is 0.177. The lowest BCUT2D eigenvalue weighted by atomic mass is 10.1. The van der Waals surface area contributed by atoms with E-state index in [2.05, 4.69) is 4.99 Å². The first-order chi connectivity index (χ1) is 11.1. The normalized spacial score (nSPS) is 18.3. The van der Waals surface area contributed by atoms with Gasteiger partial charge in [0.1, 0.15) is 11.8 Å². The Morgan fingerprint density at radius 2 is 1.65 bits per heavy atom. The van der Waals surface area contributed by atoms with Crippen LogP contribution in [0.15, 0.2) is 59.6 Å². The average molecular weight is 306 g/mol. The second kappa shape index (κ2) is 6.04. The molecule has 0 aromatic heterocycles. The highest BCUT2D eigenvalue weighted by Gasteiger charge is 2.36. The molecule has 1 heterocycles. The molecule has 116 valence electrons. The minimum Gasteiger partial charge on any atom is -0.331 e. The predicted octanol–water partition coefficient (Wildman–Crippen LogP) is 3.10. The number of carbonyl (C=O) groups excluding carboxylic acids is 1. The van der Waals surface area contributed by atoms with E-state index >= 15 is 0 Å². The van der Waals surface area contributed by atoms with Crippen LogP contribution in [0.1, 0.15) is 0 Å². The zero-order valence-electron chi connectivity index (χ0n) is 13.1. The standard InChI is InChI=1S/C18H18N4O/c1-20-12-14-17(19)21(2)15-10-6-7-11-16(15)22(18(14)23)13-8-4-3-5-9-13/h3-12,14,19H,1-2H3. The second-order valence-corrected chi connectivity index (χ2v) is 5.33. The Morgan fingerprint density at radius 1 is 1.04 bits per heavy atom. The molecule has 0 saturated carbocycles. The molecule has 0 aliphatic carbocycles. The topological polar surface area (TPSA) is 59.8 Å². The molecule has 0 bridgehead atoms. The zero-order chi connectivity index (χ0) is 16.4. The summed E-state index contributed by atoms with van der Waals surface area (Å²) >= 11 is 0. The van der Waals surface area contributed by atoms with Crippen molar-refractivity contribution in [3.8, 4) is 0 Å². The number of benzene rings is 2. The van der Waals surface area contributed by atoms with Crippen LogP contribution in [0.2, 0.25) is 0 Å². The summed E-state index contributed by atoms with van der Waals surface area (Å²) in [5.41, 5.74) is 2.37. The predicted molar refractivity (Wildman–Crippen MR) is 94.1 cm³/mol. The van der Waals surface area contributed by atoms with E-state index in [0.717, 1.165) is 17.1 Å². The van der Waals surface area contributed by atoms with Crippen LogP contribution in [-0.2, 0) is 4.79 Å². The van der Waals surface area contributed by atoms with E-state index in [-0.39, 0.29) is 11.7 Å². The number of amides is 1. The molecule has 5 heteroatoms. The Balaban J connectivity index is 2.24. The summed E-state index contributed by atoms with van der Waals surface area (Å²) in [6.07, 6.45) is 1.53. The summed E-state index contributed by atoms with van der Waals surface area (Å²) in [6.45, 7) is 0. The zero-order valence-corrected chi connectivity index (χ0v) is 13.1. The Hall–Kier alpha value is -2.95. The van der Waals surface area contributed by atoms with Crippen LogP contribution in [0.5, 0.6) is 0 Å². The van der Waals surface area contributed by atoms with Crippen LogP contribution >= 0.6 is 0 Å². The maximum absolute atomic E-state index is 13.1. The van der Waals surface area contributed by atoms with Crippen LogP contribution in [0.25, 0.3) is 0 Å². The molecule has 1 N–H and O–H groups in total. The van der Waals surface area contributed by atoms with Gasteiger partial charge in [-0.2, -0.15) is 0 Å². The van der Waals surface area contributed by atoms with Gasteiger partial charge in [0.25, 0.3) is 0 Å². The number of carbonyl (C=O) groups is 1. The fourth-order valence-electron chi connectivity index (χ4n) is 2.78. The molecular formula is C18H18N4O. The minimum atomic E-state index is -0.711. The number of nitrogens with zero attached hydrogens (tertiary/aromatic N) is 3. The van der Waals surface area contributed by atoms with Gasteiger partial charge in [0.2, 0.25) is 5.91 Å². The monoisotopic (exact) mass is 306 g/mol. The number of amidine groups is 1. The number of fused-ring (bicyclic) bond motifs is 1. The van der Waals surface area contributed by atoms with Gasteiger partial charge in [0, 0.05) is 26.0 Å². The molecule has 3 rings (SSSR count). The summed E-state index contributed by atoms with van der Waals surface area (Å²) in [4.78, 5) is 20.5. The largest absolute Gasteiger partial charge is 0.331 e. The third-order valence-electron chi connectivity index (χ3n) is 3.94. The van der Waals surface area contributed by atoms with E-state index in [1.807, 2.05) is 54.6 Å². The van der Waals surface area contributed by atoms with Crippen molar-refractivity contribution in [1.29, 1.82) is 5.41 Å². The van der Waals surface area contributed by atoms with Crippen molar-refractivity contribution >= 4 is 35.0 Å². The molecule has 2 aromatic rings. The summed E-state index contributed by atoms with van der Waals surface area (Å²) in [7, 11) is 3.42. The van der Waals surface area contributed by atoms with E-state index in [9.17, 15) is 4.79 Å². The summed E-state index contributed by atoms with van der Waals surface area (Å²) < 4.78 is 0. The Bertz CT molecular complexity index is 770. The molecule has 23 heavy (non-hydrogen) atoms. The lowest BCUT2D eigenvalue weighted by molar-refractivity contribution is -0.118. The van der Waals surface area contributed by atoms with Crippen molar-refractivity contribution in [3.05, 3.63) is 54.6 Å². The lowest BCUT2D eigenvalue weighted by Gasteiger charge is -2.24. The average Bonchev–Trinajstić information content (AvgIpc) is 2.66. The van der Waals surface area contributed by atoms with Crippen LogP contribution < -0.4 is 9.80 Å². The summed E-state index contributed by atoms with van der Waals surface area (Å²) in [5.74, 6) is -0.673. The molecule has 1 amide bonds. The fourth-order valence-corrected chi connectivity index (χ4v) is 2.78. The Labute approximate surface area is 135 Å². The number of anilines is 3. The third-order valence-corrected chi connectivity index (χ3v) is 3.94. The molecule has 1 aliphatic heterocycles. The van der Waals surface area contributed by atoms with Crippen LogP contribution in [-0.4, -0.2) is 32.1 Å². The van der Waals surface area contributed by atoms with Crippen LogP contribution in [0, 0.1) is 11.3 Å². The smallest absolute Gasteiger partial charge is 0.247 e. The van der Waals surface area contributed by atoms with Crippen molar-refractivity contribution in [2.45, 2.75) is 0 Å². The second-order valence-electron chi connectivity index (χ2n) is 5.33. The molecule has 2 aromatic carbocycles. The van der Waals surface area contributed by atoms with Gasteiger partial charge < -0.3 is 4.90 Å². The number of aliphatic imine (C=N–C) groups is 1. The number of para-hydroxylation sites is 3. The van der Waals surface area contributed by atoms with Crippen LogP contribution in [0.4, 0.5) is 17.1 Å². The highest BCUT2D eigenvalue weighted by Crippen LogP contribution is 2.38. The molecule has 0 spiro atoms. The molecule has 1 atom stereocenters. The van der Waals surface area contributed by atoms with Crippen molar-refractivity contribution in [2.24, 2.45) is 10.9 Å². The first-order valence-electron chi connectivity index (χ1n) is 7.37. The third kappa shape index (κ3) is 2.50. The molecule has 1 aliphatic rings. The molecule has 1 unspecified atom stereocenters. The highest BCUT2D eigenvalue weighted by atomic mass is 16.2. The lowest BCUT2D eigenvalue weighted by Crippen LogP contribution is -2.39. The van der Waals surface area contributed by atoms with Gasteiger partial charge in [-0.3, -0.25) is 20.1 Å². The Morgan fingerprint density at radius 3 is 2.30 bits per heavy atom. The van der Waals surface area contributed by atoms with Crippen molar-refractivity contribution < 1.29 is 4.79 Å². The fraction of sp³-hybridized carbons (Fsp3) is 0.167. The maximum atomic E-state index is 13.1. The van der Waals surface area contributed by atoms with Gasteiger partial charge in [-0.15, -0.1) is 0 Å². The number of hydrogen-bond acceptors (Lipinski definition) is 3. The quantitative estimate of drug-likeness (QED) is 0.867. The van der Waals surface area contributed by atoms with Crippen molar-refractivity contribution in [3.63, 3.8) is 0 Å². The van der Waals surface area contributed by atoms with Gasteiger partial charge >= 0.3 is 0 Å². The summed E-state index contributed by atoms with van der Waals surface area (Å²) in [5, 5.41) is 8.40. The molecule has 0 radical (unpaired) electrons. The molecule has 5 nitrogen and oxygen atoms in total. The van der Waals surface area contributed by atoms with Gasteiger partial charge in [-0.25, -0.2) is 0 Å². The number of nitrogens with one attached hydrogen (secondary N) is 1. The van der Waals surface area contributed by atoms with Crippen molar-refractivity contribution in [1.82, 2.24) is 0 Å². The SMILES string of the molecule is CN=CC1C(=N)N(C)c2ccccc2N(c2ccccc2)C1=O. The van der Waals surface area contributed by atoms with Crippen molar-refractivity contribution in [2.75, 3.05) is 23.9 Å². The van der Waals surface area contributed by atoms with E-state index in [0.29, 0.717) is 0 Å². The molecule has 0 saturated heterocycles. The first kappa shape index (κ1) is 15.0. The molecular weight excluding hydrogens is 288 g/mol. The maximum Gasteiger partial charge on any atom is 0.247 e. The van der Waals surface area contributed by atoms with Crippen LogP contribution in [0.3, 0.4) is 0 Å². The van der Waals surface area contributed by atoms with E-state index in [1.54, 1.807) is 23.9 Å². The van der Waals surface area contributed by atoms with Gasteiger partial charge in [-0.1, -0.05) is 30.3 Å². The van der Waals surface area contributed by atoms with Gasteiger partial charge in [0.15, 0.2) is 0 Å². The summed E-state index contributed by atoms with van der Waals surface area (Å²) in [6, 6.07) is 17.1. The van der Waals surface area contributed by atoms with E-state index in [1.165, 1.54) is 6.21 Å². The highest BCUT2D eigenvalue weighted by molar-refractivity contribution is 6.27. The molecule has 0 fully saturated rings. The number of hydrogen-bond donors (Lipinski definition) is 1. The first-order valence-corrected chi connectivity index (χ1v) is 7.37.